The first-order valence-corrected chi connectivity index (χ1v) is 9.50. The first-order chi connectivity index (χ1) is 12.3. The number of nitrogens with one attached hydrogen (secondary N) is 1. The molecule has 7 nitrogen and oxygen atoms in total. The standard InChI is InChI=1S/C18H17NO6S/c1-3-26(22,23)19-18-17(24-11(2)20)15(21)16(25-18)14-9-8-12-6-4-5-7-13(12)10-14/h4-10,19,21H,3H2,1-2H3. The summed E-state index contributed by atoms with van der Waals surface area (Å²) in [5, 5.41) is 12.4. The van der Waals surface area contributed by atoms with Gasteiger partial charge in [0, 0.05) is 12.5 Å². The zero-order valence-electron chi connectivity index (χ0n) is 14.1. The number of fused-ring (bicyclic) bond motifs is 1. The highest BCUT2D eigenvalue weighted by atomic mass is 32.2. The molecule has 3 aromatic rings. The number of carbonyl (C=O) groups is 1. The second-order valence-corrected chi connectivity index (χ2v) is 7.61. The molecule has 0 saturated carbocycles. The molecule has 3 rings (SSSR count). The van der Waals surface area contributed by atoms with Crippen molar-refractivity contribution in [3.8, 4) is 22.8 Å². The molecule has 0 fully saturated rings. The smallest absolute Gasteiger partial charge is 0.308 e. The molecular formula is C18H17NO6S. The van der Waals surface area contributed by atoms with Crippen LogP contribution in [0.2, 0.25) is 0 Å². The Bertz CT molecular complexity index is 1080. The van der Waals surface area contributed by atoms with E-state index in [1.807, 2.05) is 30.3 Å². The van der Waals surface area contributed by atoms with Crippen LogP contribution in [0.15, 0.2) is 46.9 Å². The molecule has 136 valence electrons. The number of carbonyl (C=O) groups excluding carboxylic acids is 1. The molecule has 0 bridgehead atoms. The van der Waals surface area contributed by atoms with Gasteiger partial charge >= 0.3 is 5.97 Å². The van der Waals surface area contributed by atoms with E-state index < -0.39 is 21.7 Å². The molecule has 1 aromatic heterocycles. The highest BCUT2D eigenvalue weighted by molar-refractivity contribution is 7.92. The molecule has 8 heteroatoms. The quantitative estimate of drug-likeness (QED) is 0.661. The fourth-order valence-corrected chi connectivity index (χ4v) is 3.01. The molecule has 0 saturated heterocycles. The highest BCUT2D eigenvalue weighted by Gasteiger charge is 2.26. The number of hydrogen-bond acceptors (Lipinski definition) is 6. The van der Waals surface area contributed by atoms with Crippen molar-refractivity contribution in [3.63, 3.8) is 0 Å². The van der Waals surface area contributed by atoms with Gasteiger partial charge in [0.25, 0.3) is 5.88 Å². The van der Waals surface area contributed by atoms with Crippen molar-refractivity contribution in [2.75, 3.05) is 10.5 Å². The molecule has 1 heterocycles. The van der Waals surface area contributed by atoms with Gasteiger partial charge in [-0.15, -0.1) is 0 Å². The van der Waals surface area contributed by atoms with Crippen LogP contribution in [0, 0.1) is 0 Å². The largest absolute Gasteiger partial charge is 0.502 e. The summed E-state index contributed by atoms with van der Waals surface area (Å²) in [6.07, 6.45) is 0. The number of aromatic hydroxyl groups is 1. The molecule has 0 aliphatic carbocycles. The summed E-state index contributed by atoms with van der Waals surface area (Å²) in [7, 11) is -3.70. The van der Waals surface area contributed by atoms with Crippen LogP contribution in [0.3, 0.4) is 0 Å². The van der Waals surface area contributed by atoms with Crippen molar-refractivity contribution >= 4 is 32.6 Å². The zero-order valence-corrected chi connectivity index (χ0v) is 15.0. The van der Waals surface area contributed by atoms with E-state index >= 15 is 0 Å². The van der Waals surface area contributed by atoms with Gasteiger partial charge in [-0.25, -0.2) is 13.1 Å². The maximum absolute atomic E-state index is 11.8. The summed E-state index contributed by atoms with van der Waals surface area (Å²) >= 11 is 0. The second kappa shape index (κ2) is 6.72. The Kier molecular flexibility index (Phi) is 4.60. The topological polar surface area (TPSA) is 106 Å². The minimum atomic E-state index is -3.70. The van der Waals surface area contributed by atoms with Crippen molar-refractivity contribution in [1.29, 1.82) is 0 Å². The lowest BCUT2D eigenvalue weighted by atomic mass is 10.1. The minimum absolute atomic E-state index is 0.000746. The van der Waals surface area contributed by atoms with Gasteiger partial charge in [-0.1, -0.05) is 36.4 Å². The van der Waals surface area contributed by atoms with Crippen LogP contribution in [-0.2, 0) is 14.8 Å². The Morgan fingerprint density at radius 1 is 1.19 bits per heavy atom. The predicted octanol–water partition coefficient (Wildman–Crippen LogP) is 3.49. The molecule has 0 aliphatic heterocycles. The van der Waals surface area contributed by atoms with E-state index in [0.717, 1.165) is 17.7 Å². The van der Waals surface area contributed by atoms with Crippen LogP contribution in [0.4, 0.5) is 5.88 Å². The third-order valence-electron chi connectivity index (χ3n) is 3.73. The average Bonchev–Trinajstić information content (AvgIpc) is 2.90. The summed E-state index contributed by atoms with van der Waals surface area (Å²) in [6.45, 7) is 2.58. The summed E-state index contributed by atoms with van der Waals surface area (Å²) in [4.78, 5) is 11.3. The Hall–Kier alpha value is -3.00. The molecule has 0 unspecified atom stereocenters. The maximum Gasteiger partial charge on any atom is 0.308 e. The van der Waals surface area contributed by atoms with Crippen LogP contribution >= 0.6 is 0 Å². The van der Waals surface area contributed by atoms with Gasteiger partial charge in [-0.3, -0.25) is 4.79 Å². The number of ether oxygens (including phenoxy) is 1. The number of sulfonamides is 1. The van der Waals surface area contributed by atoms with E-state index in [4.69, 9.17) is 9.15 Å². The van der Waals surface area contributed by atoms with Crippen LogP contribution in [0.5, 0.6) is 11.5 Å². The van der Waals surface area contributed by atoms with Gasteiger partial charge in [0.2, 0.25) is 21.5 Å². The Balaban J connectivity index is 2.14. The molecular weight excluding hydrogens is 358 g/mol. The molecule has 26 heavy (non-hydrogen) atoms. The van der Waals surface area contributed by atoms with E-state index in [0.29, 0.717) is 5.56 Å². The Morgan fingerprint density at radius 3 is 2.54 bits per heavy atom. The lowest BCUT2D eigenvalue weighted by molar-refractivity contribution is -0.131. The van der Waals surface area contributed by atoms with Crippen LogP contribution in [0.25, 0.3) is 22.1 Å². The van der Waals surface area contributed by atoms with E-state index in [1.54, 1.807) is 12.1 Å². The summed E-state index contributed by atoms with van der Waals surface area (Å²) < 4.78 is 36.3. The Morgan fingerprint density at radius 2 is 1.88 bits per heavy atom. The van der Waals surface area contributed by atoms with Gasteiger partial charge in [0.05, 0.1) is 5.75 Å². The number of furan rings is 1. The first kappa shape index (κ1) is 17.8. The van der Waals surface area contributed by atoms with Gasteiger partial charge in [-0.05, 0) is 23.8 Å². The number of benzene rings is 2. The summed E-state index contributed by atoms with van der Waals surface area (Å²) in [5.74, 6) is -2.09. The first-order valence-electron chi connectivity index (χ1n) is 7.84. The van der Waals surface area contributed by atoms with E-state index in [1.165, 1.54) is 6.92 Å². The molecule has 0 atom stereocenters. The molecule has 0 spiro atoms. The van der Waals surface area contributed by atoms with E-state index in [9.17, 15) is 18.3 Å². The fraction of sp³-hybridized carbons (Fsp3) is 0.167. The third-order valence-corrected chi connectivity index (χ3v) is 4.98. The number of anilines is 1. The maximum atomic E-state index is 11.8. The van der Waals surface area contributed by atoms with Gasteiger partial charge in [-0.2, -0.15) is 0 Å². The second-order valence-electron chi connectivity index (χ2n) is 5.60. The van der Waals surface area contributed by atoms with Crippen molar-refractivity contribution in [2.45, 2.75) is 13.8 Å². The molecule has 2 aromatic carbocycles. The Labute approximate surface area is 150 Å². The lowest BCUT2D eigenvalue weighted by Crippen LogP contribution is -2.15. The minimum Gasteiger partial charge on any atom is -0.502 e. The predicted molar refractivity (Wildman–Crippen MR) is 97.7 cm³/mol. The summed E-state index contributed by atoms with van der Waals surface area (Å²) in [6, 6.07) is 13.0. The highest BCUT2D eigenvalue weighted by Crippen LogP contribution is 2.47. The monoisotopic (exact) mass is 375 g/mol. The zero-order chi connectivity index (χ0) is 18.9. The molecule has 0 radical (unpaired) electrons. The van der Waals surface area contributed by atoms with Crippen LogP contribution < -0.4 is 9.46 Å². The fourth-order valence-electron chi connectivity index (χ4n) is 2.45. The average molecular weight is 375 g/mol. The van der Waals surface area contributed by atoms with Gasteiger partial charge < -0.3 is 14.3 Å². The van der Waals surface area contributed by atoms with Gasteiger partial charge in [0.1, 0.15) is 0 Å². The number of rotatable bonds is 5. The van der Waals surface area contributed by atoms with Crippen molar-refractivity contribution in [3.05, 3.63) is 42.5 Å². The SMILES string of the molecule is CCS(=O)(=O)Nc1oc(-c2ccc3ccccc3c2)c(O)c1OC(C)=O. The molecule has 0 amide bonds. The lowest BCUT2D eigenvalue weighted by Gasteiger charge is -2.04. The summed E-state index contributed by atoms with van der Waals surface area (Å²) in [5.41, 5.74) is 0.511. The third kappa shape index (κ3) is 3.50. The number of esters is 1. The van der Waals surface area contributed by atoms with E-state index in [2.05, 4.69) is 4.72 Å². The van der Waals surface area contributed by atoms with Crippen LogP contribution in [-0.4, -0.2) is 25.2 Å². The van der Waals surface area contributed by atoms with Crippen LogP contribution in [0.1, 0.15) is 13.8 Å². The molecule has 0 aliphatic rings. The molecule has 2 N–H and O–H groups in total. The van der Waals surface area contributed by atoms with E-state index in [-0.39, 0.29) is 23.1 Å². The normalized spacial score (nSPS) is 11.5. The number of hydrogen-bond donors (Lipinski definition) is 2. The van der Waals surface area contributed by atoms with Crippen molar-refractivity contribution in [2.24, 2.45) is 0 Å². The van der Waals surface area contributed by atoms with Crippen molar-refractivity contribution in [1.82, 2.24) is 0 Å². The van der Waals surface area contributed by atoms with Crippen molar-refractivity contribution < 1.29 is 27.5 Å². The van der Waals surface area contributed by atoms with Gasteiger partial charge in [0.15, 0.2) is 5.76 Å².